The van der Waals surface area contributed by atoms with E-state index in [1.54, 1.807) is 17.9 Å². The number of hydrogen-bond acceptors (Lipinski definition) is 7. The summed E-state index contributed by atoms with van der Waals surface area (Å²) in [7, 11) is 0. The van der Waals surface area contributed by atoms with Crippen LogP contribution in [-0.4, -0.2) is 23.0 Å². The van der Waals surface area contributed by atoms with Crippen LogP contribution in [0.4, 0.5) is 24.5 Å². The van der Waals surface area contributed by atoms with Crippen LogP contribution in [0.2, 0.25) is 5.02 Å². The Morgan fingerprint density at radius 2 is 1.72 bits per heavy atom. The number of aryl methyl sites for hydroxylation is 2. The standard InChI is InChI=1S/C21H21ClF3N5S2/c1-10-5-4-6-11(2)16(10)30-17-18(26)29(12(3)28-19(17)31-20(30)27)13-7-8-15(14(22)9-13)32-21(23,24)25/h4-9,18,20H,26-27H2,1-3H3. The van der Waals surface area contributed by atoms with Gasteiger partial charge < -0.3 is 21.3 Å². The number of halogens is 4. The first-order chi connectivity index (χ1) is 15.0. The van der Waals surface area contributed by atoms with Gasteiger partial charge in [0.1, 0.15) is 22.5 Å². The van der Waals surface area contributed by atoms with E-state index in [-0.39, 0.29) is 21.7 Å². The Hall–Kier alpha value is -1.85. The maximum Gasteiger partial charge on any atom is 0.446 e. The molecule has 2 aromatic rings. The molecule has 32 heavy (non-hydrogen) atoms. The normalized spacial score (nSPS) is 21.2. The van der Waals surface area contributed by atoms with Crippen LogP contribution in [0.15, 0.2) is 57.0 Å². The van der Waals surface area contributed by atoms with Crippen LogP contribution in [0.5, 0.6) is 0 Å². The summed E-state index contributed by atoms with van der Waals surface area (Å²) >= 11 is 7.35. The lowest BCUT2D eigenvalue weighted by atomic mass is 10.1. The van der Waals surface area contributed by atoms with Gasteiger partial charge in [0.05, 0.1) is 10.7 Å². The van der Waals surface area contributed by atoms with E-state index in [0.29, 0.717) is 11.5 Å². The fourth-order valence-corrected chi connectivity index (χ4v) is 5.88. The molecule has 0 bridgehead atoms. The highest BCUT2D eigenvalue weighted by molar-refractivity contribution is 8.04. The largest absolute Gasteiger partial charge is 0.446 e. The van der Waals surface area contributed by atoms with Crippen molar-refractivity contribution in [2.24, 2.45) is 16.5 Å². The minimum Gasteiger partial charge on any atom is -0.314 e. The SMILES string of the molecule is CC1=NC2=C(C(N)N1c1ccc(SC(F)(F)F)c(Cl)c1)N(c1c(C)cccc1C)C(N)S2. The molecule has 2 heterocycles. The van der Waals surface area contributed by atoms with E-state index in [1.807, 2.05) is 36.9 Å². The fourth-order valence-electron chi connectivity index (χ4n) is 3.97. The van der Waals surface area contributed by atoms with Crippen molar-refractivity contribution >= 4 is 52.3 Å². The summed E-state index contributed by atoms with van der Waals surface area (Å²) in [6, 6.07) is 10.4. The van der Waals surface area contributed by atoms with Crippen LogP contribution in [0.25, 0.3) is 0 Å². The number of hydrogen-bond donors (Lipinski definition) is 2. The molecule has 2 aliphatic rings. The van der Waals surface area contributed by atoms with E-state index in [2.05, 4.69) is 0 Å². The summed E-state index contributed by atoms with van der Waals surface area (Å²) in [6.45, 7) is 5.81. The molecule has 2 unspecified atom stereocenters. The average Bonchev–Trinajstić information content (AvgIpc) is 2.99. The number of rotatable bonds is 3. The number of benzene rings is 2. The molecule has 4 rings (SSSR count). The van der Waals surface area contributed by atoms with E-state index in [1.165, 1.54) is 23.9 Å². The lowest BCUT2D eigenvalue weighted by Crippen LogP contribution is -2.53. The van der Waals surface area contributed by atoms with E-state index < -0.39 is 17.2 Å². The van der Waals surface area contributed by atoms with E-state index >= 15 is 0 Å². The van der Waals surface area contributed by atoms with Crippen LogP contribution in [0.1, 0.15) is 18.1 Å². The number of para-hydroxylation sites is 1. The van der Waals surface area contributed by atoms with Crippen molar-refractivity contribution in [2.45, 2.75) is 42.8 Å². The van der Waals surface area contributed by atoms with Crippen molar-refractivity contribution in [1.29, 1.82) is 0 Å². The molecule has 0 fully saturated rings. The number of nitrogens with two attached hydrogens (primary N) is 2. The molecule has 2 aliphatic heterocycles. The molecule has 0 aliphatic carbocycles. The van der Waals surface area contributed by atoms with Crippen LogP contribution in [0, 0.1) is 13.8 Å². The molecule has 0 radical (unpaired) electrons. The molecule has 0 aromatic heterocycles. The summed E-state index contributed by atoms with van der Waals surface area (Å²) in [4.78, 5) is 8.38. The summed E-state index contributed by atoms with van der Waals surface area (Å²) in [5.41, 5.74) is 12.7. The minimum atomic E-state index is -4.42. The number of thioether (sulfide) groups is 2. The third-order valence-electron chi connectivity index (χ3n) is 5.24. The van der Waals surface area contributed by atoms with Gasteiger partial charge in [-0.3, -0.25) is 0 Å². The van der Waals surface area contributed by atoms with Crippen molar-refractivity contribution in [2.75, 3.05) is 9.80 Å². The molecule has 11 heteroatoms. The van der Waals surface area contributed by atoms with Gasteiger partial charge in [0.25, 0.3) is 0 Å². The molecule has 0 spiro atoms. The van der Waals surface area contributed by atoms with Gasteiger partial charge in [-0.1, -0.05) is 41.6 Å². The fraction of sp³-hybridized carbons (Fsp3) is 0.286. The Labute approximate surface area is 197 Å². The van der Waals surface area contributed by atoms with Crippen molar-refractivity contribution in [3.8, 4) is 0 Å². The van der Waals surface area contributed by atoms with Gasteiger partial charge in [0.15, 0.2) is 0 Å². The summed E-state index contributed by atoms with van der Waals surface area (Å²) < 4.78 is 38.3. The molecule has 170 valence electrons. The molecule has 2 atom stereocenters. The van der Waals surface area contributed by atoms with Crippen molar-refractivity contribution in [3.05, 3.63) is 63.3 Å². The molecule has 0 saturated carbocycles. The number of aliphatic imine (C=N–C) groups is 1. The predicted molar refractivity (Wildman–Crippen MR) is 128 cm³/mol. The smallest absolute Gasteiger partial charge is 0.314 e. The average molecular weight is 500 g/mol. The number of nitrogens with zero attached hydrogens (tertiary/aromatic N) is 3. The topological polar surface area (TPSA) is 70.9 Å². The predicted octanol–water partition coefficient (Wildman–Crippen LogP) is 5.76. The molecular formula is C21H21ClF3N5S2. The maximum atomic E-state index is 12.8. The highest BCUT2D eigenvalue weighted by Crippen LogP contribution is 2.47. The quantitative estimate of drug-likeness (QED) is 0.523. The van der Waals surface area contributed by atoms with E-state index in [4.69, 9.17) is 28.1 Å². The van der Waals surface area contributed by atoms with Crippen molar-refractivity contribution < 1.29 is 13.2 Å². The first-order valence-corrected chi connectivity index (χ1v) is 11.7. The number of alkyl halides is 3. The molecule has 0 amide bonds. The van der Waals surface area contributed by atoms with Crippen LogP contribution >= 0.6 is 35.1 Å². The maximum absolute atomic E-state index is 12.8. The Bertz CT molecular complexity index is 1110. The third kappa shape index (κ3) is 4.22. The van der Waals surface area contributed by atoms with Crippen LogP contribution in [-0.2, 0) is 0 Å². The minimum absolute atomic E-state index is 0.00583. The van der Waals surface area contributed by atoms with Crippen molar-refractivity contribution in [3.63, 3.8) is 0 Å². The second kappa shape index (κ2) is 8.49. The Morgan fingerprint density at radius 3 is 2.31 bits per heavy atom. The second-order valence-electron chi connectivity index (χ2n) is 7.45. The van der Waals surface area contributed by atoms with Gasteiger partial charge in [-0.05, 0) is 61.9 Å². The molecular weight excluding hydrogens is 479 g/mol. The van der Waals surface area contributed by atoms with Crippen molar-refractivity contribution in [1.82, 2.24) is 0 Å². The summed E-state index contributed by atoms with van der Waals surface area (Å²) in [5, 5.41) is 0.727. The van der Waals surface area contributed by atoms with Gasteiger partial charge in [0.2, 0.25) is 0 Å². The van der Waals surface area contributed by atoms with Gasteiger partial charge in [-0.2, -0.15) is 13.2 Å². The summed E-state index contributed by atoms with van der Waals surface area (Å²) in [5.74, 6) is 0.603. The first-order valence-electron chi connectivity index (χ1n) is 9.65. The summed E-state index contributed by atoms with van der Waals surface area (Å²) in [6.07, 6.45) is -0.653. The van der Waals surface area contributed by atoms with Crippen LogP contribution < -0.4 is 21.3 Å². The zero-order chi connectivity index (χ0) is 23.4. The van der Waals surface area contributed by atoms with Gasteiger partial charge >= 0.3 is 5.51 Å². The Morgan fingerprint density at radius 1 is 1.06 bits per heavy atom. The number of amidine groups is 1. The van der Waals surface area contributed by atoms with E-state index in [0.717, 1.165) is 27.5 Å². The van der Waals surface area contributed by atoms with Crippen LogP contribution in [0.3, 0.4) is 0 Å². The van der Waals surface area contributed by atoms with Gasteiger partial charge in [-0.25, -0.2) is 4.99 Å². The second-order valence-corrected chi connectivity index (χ2v) is 10.1. The third-order valence-corrected chi connectivity index (χ3v) is 7.44. The lowest BCUT2D eigenvalue weighted by Gasteiger charge is -2.39. The van der Waals surface area contributed by atoms with Gasteiger partial charge in [-0.15, -0.1) is 0 Å². The molecule has 2 aromatic carbocycles. The highest BCUT2D eigenvalue weighted by Gasteiger charge is 2.41. The molecule has 0 saturated heterocycles. The Kier molecular flexibility index (Phi) is 6.19. The zero-order valence-electron chi connectivity index (χ0n) is 17.4. The monoisotopic (exact) mass is 499 g/mol. The number of anilines is 2. The lowest BCUT2D eigenvalue weighted by molar-refractivity contribution is -0.0328. The van der Waals surface area contributed by atoms with E-state index in [9.17, 15) is 13.2 Å². The zero-order valence-corrected chi connectivity index (χ0v) is 19.8. The highest BCUT2D eigenvalue weighted by atomic mass is 35.5. The first kappa shape index (κ1) is 23.3. The molecule has 4 N–H and O–H groups in total. The molecule has 5 nitrogen and oxygen atoms in total. The Balaban J connectivity index is 1.74. The van der Waals surface area contributed by atoms with Gasteiger partial charge in [0, 0.05) is 16.3 Å².